The minimum Gasteiger partial charge on any atom is -0.370 e. The first kappa shape index (κ1) is 20.5. The van der Waals surface area contributed by atoms with Gasteiger partial charge >= 0.3 is 0 Å². The van der Waals surface area contributed by atoms with Crippen LogP contribution < -0.4 is 16.4 Å². The van der Waals surface area contributed by atoms with Crippen molar-refractivity contribution in [3.05, 3.63) is 29.3 Å². The molecule has 3 amide bonds. The molecular formula is C18H24N4O5. The first-order chi connectivity index (χ1) is 13.0. The van der Waals surface area contributed by atoms with Gasteiger partial charge in [-0.05, 0) is 30.2 Å². The lowest BCUT2D eigenvalue weighted by atomic mass is 10.1. The van der Waals surface area contributed by atoms with Crippen molar-refractivity contribution in [2.75, 3.05) is 32.1 Å². The Morgan fingerprint density at radius 1 is 1.41 bits per heavy atom. The molecule has 1 heterocycles. The maximum Gasteiger partial charge on any atom is 0.255 e. The Labute approximate surface area is 157 Å². The summed E-state index contributed by atoms with van der Waals surface area (Å²) in [7, 11) is 1.49. The van der Waals surface area contributed by atoms with Crippen LogP contribution in [0.3, 0.4) is 0 Å². The van der Waals surface area contributed by atoms with E-state index in [1.165, 1.54) is 11.9 Å². The maximum atomic E-state index is 12.7. The number of nitrogens with two attached hydrogens (primary N) is 1. The lowest BCUT2D eigenvalue weighted by molar-refractivity contribution is -0.125. The smallest absolute Gasteiger partial charge is 0.255 e. The number of hydrogen-bond donors (Lipinski definition) is 3. The fourth-order valence-electron chi connectivity index (χ4n) is 2.94. The summed E-state index contributed by atoms with van der Waals surface area (Å²) in [6, 6.07) is 4.23. The number of carbonyl (C=O) groups excluding carboxylic acids is 4. The topological polar surface area (TPSA) is 131 Å². The maximum absolute atomic E-state index is 12.7. The molecule has 0 spiro atoms. The van der Waals surface area contributed by atoms with Gasteiger partial charge in [0.15, 0.2) is 0 Å². The van der Waals surface area contributed by atoms with Crippen molar-refractivity contribution >= 4 is 29.7 Å². The fraction of sp³-hybridized carbons (Fsp3) is 0.444. The summed E-state index contributed by atoms with van der Waals surface area (Å²) in [5.74, 6) is -0.906. The van der Waals surface area contributed by atoms with Gasteiger partial charge in [-0.1, -0.05) is 0 Å². The van der Waals surface area contributed by atoms with Crippen LogP contribution in [0, 0.1) is 0 Å². The number of ether oxygens (including phenoxy) is 1. The molecule has 0 saturated heterocycles. The molecule has 9 heteroatoms. The number of rotatable bonds is 10. The van der Waals surface area contributed by atoms with Gasteiger partial charge in [-0.25, -0.2) is 0 Å². The fourth-order valence-corrected chi connectivity index (χ4v) is 2.94. The molecule has 1 atom stereocenters. The zero-order chi connectivity index (χ0) is 19.8. The Morgan fingerprint density at radius 2 is 2.19 bits per heavy atom. The number of benzene rings is 1. The normalized spacial score (nSPS) is 13.9. The summed E-state index contributed by atoms with van der Waals surface area (Å²) in [4.78, 5) is 48.8. The van der Waals surface area contributed by atoms with Crippen molar-refractivity contribution < 1.29 is 23.9 Å². The van der Waals surface area contributed by atoms with Gasteiger partial charge in [-0.15, -0.1) is 0 Å². The second kappa shape index (κ2) is 9.79. The molecule has 1 aliphatic heterocycles. The van der Waals surface area contributed by atoms with Crippen LogP contribution in [0.1, 0.15) is 28.8 Å². The molecule has 1 aromatic rings. The number of likely N-dealkylation sites (N-methyl/N-ethyl adjacent to an activating group) is 1. The van der Waals surface area contributed by atoms with Gasteiger partial charge in [-0.2, -0.15) is 0 Å². The lowest BCUT2D eigenvalue weighted by Gasteiger charge is -2.25. The first-order valence-corrected chi connectivity index (χ1v) is 8.68. The van der Waals surface area contributed by atoms with Crippen LogP contribution >= 0.6 is 0 Å². The Hall–Kier alpha value is -2.78. The van der Waals surface area contributed by atoms with E-state index in [0.29, 0.717) is 30.0 Å². The summed E-state index contributed by atoms with van der Waals surface area (Å²) in [6.07, 6.45) is 1.16. The predicted molar refractivity (Wildman–Crippen MR) is 98.0 cm³/mol. The van der Waals surface area contributed by atoms with Crippen molar-refractivity contribution in [2.24, 2.45) is 5.73 Å². The van der Waals surface area contributed by atoms with E-state index in [-0.39, 0.29) is 43.7 Å². The third kappa shape index (κ3) is 5.11. The van der Waals surface area contributed by atoms with Crippen LogP contribution in [0.2, 0.25) is 0 Å². The molecule has 0 radical (unpaired) electrons. The quantitative estimate of drug-likeness (QED) is 0.378. The van der Waals surface area contributed by atoms with Gasteiger partial charge in [0.25, 0.3) is 5.91 Å². The number of amides is 3. The predicted octanol–water partition coefficient (Wildman–Crippen LogP) is -0.350. The number of nitrogens with zero attached hydrogens (tertiary/aromatic N) is 1. The lowest BCUT2D eigenvalue weighted by Crippen LogP contribution is -2.46. The Bertz CT molecular complexity index is 722. The molecule has 9 nitrogen and oxygen atoms in total. The molecule has 4 N–H and O–H groups in total. The largest absolute Gasteiger partial charge is 0.370 e. The van der Waals surface area contributed by atoms with E-state index in [9.17, 15) is 19.2 Å². The molecule has 146 valence electrons. The summed E-state index contributed by atoms with van der Waals surface area (Å²) in [5, 5.41) is 5.23. The monoisotopic (exact) mass is 376 g/mol. The van der Waals surface area contributed by atoms with Crippen molar-refractivity contribution in [3.8, 4) is 0 Å². The number of nitrogens with one attached hydrogen (secondary N) is 2. The molecule has 0 bridgehead atoms. The van der Waals surface area contributed by atoms with Crippen molar-refractivity contribution in [2.45, 2.75) is 25.4 Å². The van der Waals surface area contributed by atoms with Crippen molar-refractivity contribution in [1.29, 1.82) is 0 Å². The molecule has 0 fully saturated rings. The van der Waals surface area contributed by atoms with Gasteiger partial charge in [0.2, 0.25) is 11.8 Å². The average Bonchev–Trinajstić information content (AvgIpc) is 2.98. The Balaban J connectivity index is 2.10. The van der Waals surface area contributed by atoms with Crippen molar-refractivity contribution in [3.63, 3.8) is 0 Å². The number of carbonyl (C=O) groups is 4. The van der Waals surface area contributed by atoms with Gasteiger partial charge in [-0.3, -0.25) is 14.4 Å². The van der Waals surface area contributed by atoms with E-state index in [4.69, 9.17) is 10.5 Å². The summed E-state index contributed by atoms with van der Waals surface area (Å²) in [5.41, 5.74) is 7.02. The molecule has 27 heavy (non-hydrogen) atoms. The zero-order valence-electron chi connectivity index (χ0n) is 15.2. The highest BCUT2D eigenvalue weighted by atomic mass is 16.5. The van der Waals surface area contributed by atoms with E-state index in [2.05, 4.69) is 10.6 Å². The molecule has 0 aromatic heterocycles. The van der Waals surface area contributed by atoms with Crippen molar-refractivity contribution in [1.82, 2.24) is 10.2 Å². The summed E-state index contributed by atoms with van der Waals surface area (Å²) in [6.45, 7) is 0.756. The number of fused-ring (bicyclic) bond motifs is 1. The van der Waals surface area contributed by atoms with E-state index in [0.717, 1.165) is 6.29 Å². The molecular weight excluding hydrogens is 352 g/mol. The number of anilines is 1. The van der Waals surface area contributed by atoms with Crippen LogP contribution in [0.4, 0.5) is 5.69 Å². The third-order valence-corrected chi connectivity index (χ3v) is 4.20. The van der Waals surface area contributed by atoms with Gasteiger partial charge in [0.05, 0.1) is 6.61 Å². The second-order valence-electron chi connectivity index (χ2n) is 6.07. The molecule has 1 aliphatic rings. The molecule has 1 unspecified atom stereocenters. The third-order valence-electron chi connectivity index (χ3n) is 4.20. The van der Waals surface area contributed by atoms with Crippen LogP contribution in [-0.4, -0.2) is 61.8 Å². The van der Waals surface area contributed by atoms with E-state index in [1.54, 1.807) is 18.2 Å². The molecule has 2 rings (SSSR count). The number of hydrogen-bond acceptors (Lipinski definition) is 6. The van der Waals surface area contributed by atoms with Crippen LogP contribution in [0.5, 0.6) is 0 Å². The minimum absolute atomic E-state index is 0.107. The Morgan fingerprint density at radius 3 is 2.85 bits per heavy atom. The Kier molecular flexibility index (Phi) is 7.44. The van der Waals surface area contributed by atoms with E-state index >= 15 is 0 Å². The standard InChI is InChI=1S/C18H24N4O5/c1-20-17(25)15(3-2-7-23)22-10-12-9-13(4-5-14(12)18(22)26)21-16(24)11-27-8-6-19/h4-5,7,9,15H,2-3,6,8,10-11,19H2,1H3,(H,20,25)(H,21,24). The van der Waals surface area contributed by atoms with Gasteiger partial charge in [0, 0.05) is 37.8 Å². The number of aldehydes is 1. The second-order valence-corrected chi connectivity index (χ2v) is 6.07. The highest BCUT2D eigenvalue weighted by molar-refractivity contribution is 6.02. The van der Waals surface area contributed by atoms with Crippen LogP contribution in [0.25, 0.3) is 0 Å². The SMILES string of the molecule is CNC(=O)C(CCC=O)N1Cc2cc(NC(=O)COCCN)ccc2C1=O. The highest BCUT2D eigenvalue weighted by Gasteiger charge is 2.35. The van der Waals surface area contributed by atoms with Gasteiger partial charge < -0.3 is 30.8 Å². The van der Waals surface area contributed by atoms with Crippen LogP contribution in [0.15, 0.2) is 18.2 Å². The molecule has 1 aromatic carbocycles. The van der Waals surface area contributed by atoms with E-state index in [1.807, 2.05) is 0 Å². The minimum atomic E-state index is -0.720. The molecule has 0 aliphatic carbocycles. The van der Waals surface area contributed by atoms with E-state index < -0.39 is 6.04 Å². The van der Waals surface area contributed by atoms with Gasteiger partial charge in [0.1, 0.15) is 18.9 Å². The highest BCUT2D eigenvalue weighted by Crippen LogP contribution is 2.28. The van der Waals surface area contributed by atoms with Crippen LogP contribution in [-0.2, 0) is 25.7 Å². The summed E-state index contributed by atoms with van der Waals surface area (Å²) >= 11 is 0. The first-order valence-electron chi connectivity index (χ1n) is 8.68. The molecule has 0 saturated carbocycles. The summed E-state index contributed by atoms with van der Waals surface area (Å²) < 4.78 is 5.08. The average molecular weight is 376 g/mol. The zero-order valence-corrected chi connectivity index (χ0v) is 15.2.